The largest absolute Gasteiger partial charge is 0.464 e. The summed E-state index contributed by atoms with van der Waals surface area (Å²) in [5, 5.41) is 0. The predicted molar refractivity (Wildman–Crippen MR) is 75.7 cm³/mol. The summed E-state index contributed by atoms with van der Waals surface area (Å²) < 4.78 is 46.3. The monoisotopic (exact) mass is 330 g/mol. The van der Waals surface area contributed by atoms with Crippen LogP contribution in [0.1, 0.15) is 35.4 Å². The Morgan fingerprint density at radius 3 is 2.45 bits per heavy atom. The molecule has 1 unspecified atom stereocenters. The Morgan fingerprint density at radius 2 is 1.95 bits per heavy atom. The van der Waals surface area contributed by atoms with E-state index in [1.165, 1.54) is 17.9 Å². The number of nitrogens with zero attached hydrogens (tertiary/aromatic N) is 1. The number of esters is 1. The summed E-state index contributed by atoms with van der Waals surface area (Å²) in [6, 6.07) is 1.14. The number of ether oxygens (including phenoxy) is 1. The van der Waals surface area contributed by atoms with Crippen LogP contribution in [0.5, 0.6) is 0 Å². The molecule has 1 heterocycles. The molecule has 118 valence electrons. The molecule has 0 saturated carbocycles. The van der Waals surface area contributed by atoms with Gasteiger partial charge in [-0.3, -0.25) is 0 Å². The summed E-state index contributed by atoms with van der Waals surface area (Å²) in [6.07, 6.45) is 1.73. The van der Waals surface area contributed by atoms with Crippen LogP contribution < -0.4 is 0 Å². The van der Waals surface area contributed by atoms with Crippen molar-refractivity contribution in [3.8, 4) is 0 Å². The molecule has 8 heteroatoms. The second-order valence-corrected chi connectivity index (χ2v) is 4.95. The van der Waals surface area contributed by atoms with Crippen molar-refractivity contribution in [2.24, 2.45) is 0 Å². The molecule has 1 atom stereocenters. The third-order valence-electron chi connectivity index (χ3n) is 3.29. The average molecular weight is 330 g/mol. The normalized spacial score (nSPS) is 12.2. The molecule has 2 aromatic rings. The zero-order valence-electron chi connectivity index (χ0n) is 11.8. The molecule has 1 aromatic carbocycles. The molecule has 0 aliphatic heterocycles. The molecule has 22 heavy (non-hydrogen) atoms. The Balaban J connectivity index is 2.61. The van der Waals surface area contributed by atoms with Crippen LogP contribution in [0.2, 0.25) is 0 Å². The molecule has 0 aliphatic rings. The quantitative estimate of drug-likeness (QED) is 0.528. The number of carbonyl (C=O) groups excluding carboxylic acids is 1. The SMILES string of the molecule is CCC(c1cc(F)c(F)c(F)c1)n1c(C(=O)OC)c[nH]c1=S. The fourth-order valence-electron chi connectivity index (χ4n) is 2.28. The van der Waals surface area contributed by atoms with Crippen LogP contribution in [0, 0.1) is 22.2 Å². The highest BCUT2D eigenvalue weighted by Gasteiger charge is 2.23. The number of imidazole rings is 1. The lowest BCUT2D eigenvalue weighted by molar-refractivity contribution is 0.0586. The standard InChI is InChI=1S/C14H13F3N2O2S/c1-3-10(7-4-8(15)12(17)9(16)5-7)19-11(13(20)21-2)6-18-14(19)22/h4-6,10H,3H2,1-2H3,(H,18,22). The first-order valence-electron chi connectivity index (χ1n) is 6.43. The molecule has 1 aromatic heterocycles. The Kier molecular flexibility index (Phi) is 4.70. The maximum atomic E-state index is 13.5. The fourth-order valence-corrected chi connectivity index (χ4v) is 2.57. The van der Waals surface area contributed by atoms with Crippen molar-refractivity contribution in [2.75, 3.05) is 7.11 Å². The van der Waals surface area contributed by atoms with Gasteiger partial charge in [0.2, 0.25) is 0 Å². The number of hydrogen-bond acceptors (Lipinski definition) is 3. The zero-order valence-corrected chi connectivity index (χ0v) is 12.6. The van der Waals surface area contributed by atoms with Gasteiger partial charge in [0.25, 0.3) is 0 Å². The first kappa shape index (κ1) is 16.3. The third-order valence-corrected chi connectivity index (χ3v) is 3.61. The van der Waals surface area contributed by atoms with Gasteiger partial charge in [0, 0.05) is 6.20 Å². The van der Waals surface area contributed by atoms with E-state index in [1.54, 1.807) is 6.92 Å². The fraction of sp³-hybridized carbons (Fsp3) is 0.286. The topological polar surface area (TPSA) is 47.0 Å². The number of carbonyl (C=O) groups is 1. The molecular weight excluding hydrogens is 317 g/mol. The maximum absolute atomic E-state index is 13.5. The highest BCUT2D eigenvalue weighted by atomic mass is 32.1. The summed E-state index contributed by atoms with van der Waals surface area (Å²) in [4.78, 5) is 14.5. The lowest BCUT2D eigenvalue weighted by Crippen LogP contribution is -2.17. The smallest absolute Gasteiger partial charge is 0.356 e. The van der Waals surface area contributed by atoms with E-state index in [-0.39, 0.29) is 16.0 Å². The Bertz CT molecular complexity index is 747. The number of hydrogen-bond donors (Lipinski definition) is 1. The number of benzene rings is 1. The second kappa shape index (κ2) is 6.35. The van der Waals surface area contributed by atoms with E-state index in [1.807, 2.05) is 0 Å². The van der Waals surface area contributed by atoms with E-state index >= 15 is 0 Å². The number of aromatic amines is 1. The van der Waals surface area contributed by atoms with Crippen LogP contribution in [-0.2, 0) is 4.74 Å². The minimum absolute atomic E-state index is 0.115. The molecule has 0 amide bonds. The van der Waals surface area contributed by atoms with Crippen LogP contribution in [0.25, 0.3) is 0 Å². The molecule has 0 fully saturated rings. The predicted octanol–water partition coefficient (Wildman–Crippen LogP) is 3.75. The van der Waals surface area contributed by atoms with E-state index in [0.717, 1.165) is 12.1 Å². The Morgan fingerprint density at radius 1 is 1.36 bits per heavy atom. The van der Waals surface area contributed by atoms with E-state index in [9.17, 15) is 18.0 Å². The van der Waals surface area contributed by atoms with Crippen molar-refractivity contribution in [3.63, 3.8) is 0 Å². The molecule has 0 aliphatic carbocycles. The first-order valence-corrected chi connectivity index (χ1v) is 6.84. The molecule has 0 saturated heterocycles. The van der Waals surface area contributed by atoms with Gasteiger partial charge in [0.15, 0.2) is 22.2 Å². The molecule has 0 bridgehead atoms. The van der Waals surface area contributed by atoms with Gasteiger partial charge in [-0.25, -0.2) is 18.0 Å². The van der Waals surface area contributed by atoms with Gasteiger partial charge >= 0.3 is 5.97 Å². The van der Waals surface area contributed by atoms with E-state index in [2.05, 4.69) is 9.72 Å². The van der Waals surface area contributed by atoms with Gasteiger partial charge in [-0.15, -0.1) is 0 Å². The summed E-state index contributed by atoms with van der Waals surface area (Å²) in [5.74, 6) is -4.77. The van der Waals surface area contributed by atoms with Crippen LogP contribution >= 0.6 is 12.2 Å². The first-order chi connectivity index (χ1) is 10.4. The van der Waals surface area contributed by atoms with Crippen molar-refractivity contribution in [1.29, 1.82) is 0 Å². The highest BCUT2D eigenvalue weighted by molar-refractivity contribution is 7.71. The van der Waals surface area contributed by atoms with E-state index in [4.69, 9.17) is 12.2 Å². The number of rotatable bonds is 4. The maximum Gasteiger partial charge on any atom is 0.356 e. The lowest BCUT2D eigenvalue weighted by atomic mass is 10.0. The average Bonchev–Trinajstić information content (AvgIpc) is 2.87. The minimum Gasteiger partial charge on any atom is -0.464 e. The Labute approximate surface area is 129 Å². The Hall–Kier alpha value is -2.09. The van der Waals surface area contributed by atoms with E-state index < -0.39 is 29.5 Å². The van der Waals surface area contributed by atoms with E-state index in [0.29, 0.717) is 6.42 Å². The summed E-state index contributed by atoms with van der Waals surface area (Å²) >= 11 is 5.11. The van der Waals surface area contributed by atoms with Crippen molar-refractivity contribution in [2.45, 2.75) is 19.4 Å². The number of nitrogens with one attached hydrogen (secondary N) is 1. The van der Waals surface area contributed by atoms with Gasteiger partial charge in [-0.1, -0.05) is 6.92 Å². The summed E-state index contributed by atoms with van der Waals surface area (Å²) in [7, 11) is 1.21. The van der Waals surface area contributed by atoms with Crippen LogP contribution in [-0.4, -0.2) is 22.6 Å². The molecule has 2 rings (SSSR count). The number of halogens is 3. The molecule has 0 radical (unpaired) electrons. The van der Waals surface area contributed by atoms with Crippen LogP contribution in [0.3, 0.4) is 0 Å². The van der Waals surface area contributed by atoms with Gasteiger partial charge in [-0.2, -0.15) is 0 Å². The molecule has 0 spiro atoms. The van der Waals surface area contributed by atoms with Crippen LogP contribution in [0.15, 0.2) is 18.3 Å². The van der Waals surface area contributed by atoms with Crippen LogP contribution in [0.4, 0.5) is 13.2 Å². The van der Waals surface area contributed by atoms with Crippen molar-refractivity contribution < 1.29 is 22.7 Å². The molecule has 4 nitrogen and oxygen atoms in total. The lowest BCUT2D eigenvalue weighted by Gasteiger charge is -2.19. The summed E-state index contributed by atoms with van der Waals surface area (Å²) in [5.41, 5.74) is 0.282. The number of methoxy groups -OCH3 is 1. The second-order valence-electron chi connectivity index (χ2n) is 4.56. The highest BCUT2D eigenvalue weighted by Crippen LogP contribution is 2.27. The number of H-pyrrole nitrogens is 1. The van der Waals surface area contributed by atoms with Crippen molar-refractivity contribution >= 4 is 18.2 Å². The number of aromatic nitrogens is 2. The minimum atomic E-state index is -1.54. The summed E-state index contributed by atoms with van der Waals surface area (Å²) in [6.45, 7) is 1.75. The van der Waals surface area contributed by atoms with Gasteiger partial charge < -0.3 is 14.3 Å². The van der Waals surface area contributed by atoms with Gasteiger partial charge in [0.05, 0.1) is 13.2 Å². The van der Waals surface area contributed by atoms with Crippen molar-refractivity contribution in [1.82, 2.24) is 9.55 Å². The van der Waals surface area contributed by atoms with Gasteiger partial charge in [0.1, 0.15) is 5.69 Å². The van der Waals surface area contributed by atoms with Crippen molar-refractivity contribution in [3.05, 3.63) is 51.8 Å². The third kappa shape index (κ3) is 2.78. The van der Waals surface area contributed by atoms with Gasteiger partial charge in [-0.05, 0) is 36.3 Å². The molecular formula is C14H13F3N2O2S. The molecule has 1 N–H and O–H groups in total. The zero-order chi connectivity index (χ0) is 16.4.